The molecule has 0 radical (unpaired) electrons. The third kappa shape index (κ3) is 93.2. The number of allylic oxidation sites excluding steroid dienone is 30. The zero-order chi connectivity index (χ0) is 86.5. The van der Waals surface area contributed by atoms with Gasteiger partial charge in [-0.3, -0.25) is 32.5 Å². The summed E-state index contributed by atoms with van der Waals surface area (Å²) in [6.45, 7) is 2.43. The van der Waals surface area contributed by atoms with E-state index < -0.39 is 91.5 Å². The molecule has 5 atom stereocenters. The minimum absolute atomic E-state index is 0.0815. The van der Waals surface area contributed by atoms with Crippen LogP contribution in [-0.2, 0) is 55.8 Å². The van der Waals surface area contributed by atoms with Crippen molar-refractivity contribution in [2.24, 2.45) is 0 Å². The predicted molar refractivity (Wildman–Crippen MR) is 500 cm³/mol. The third-order valence-corrected chi connectivity index (χ3v) is 21.5. The lowest BCUT2D eigenvalue weighted by Crippen LogP contribution is -2.30. The Balaban J connectivity index is 4.57. The van der Waals surface area contributed by atoms with E-state index in [1.165, 1.54) is 128 Å². The molecule has 0 rings (SSSR count). The van der Waals surface area contributed by atoms with Crippen LogP contribution in [0.2, 0.25) is 0 Å². The van der Waals surface area contributed by atoms with Gasteiger partial charge in [-0.25, -0.2) is 9.13 Å². The fourth-order valence-corrected chi connectivity index (χ4v) is 14.1. The summed E-state index contributed by atoms with van der Waals surface area (Å²) in [5.74, 6) is -1.60. The van der Waals surface area contributed by atoms with Crippen molar-refractivity contribution in [3.05, 3.63) is 182 Å². The van der Waals surface area contributed by atoms with Gasteiger partial charge in [0.05, 0.1) is 26.4 Å². The smallest absolute Gasteiger partial charge is 0.463 e. The summed E-state index contributed by atoms with van der Waals surface area (Å²) in [6.07, 6.45) is 121. The van der Waals surface area contributed by atoms with E-state index in [1.807, 2.05) is 0 Å². The third-order valence-electron chi connectivity index (χ3n) is 19.6. The second-order valence-electron chi connectivity index (χ2n) is 31.0. The zero-order valence-corrected chi connectivity index (χ0v) is 76.8. The largest absolute Gasteiger partial charge is 0.472 e. The van der Waals surface area contributed by atoms with Crippen molar-refractivity contribution >= 4 is 33.6 Å². The average Bonchev–Trinajstić information content (AvgIpc) is 0.903. The molecule has 4 N–H and O–H groups in total. The van der Waals surface area contributed by atoms with Gasteiger partial charge in [0.25, 0.3) is 0 Å². The van der Waals surface area contributed by atoms with Crippen molar-refractivity contribution in [2.45, 2.75) is 399 Å². The lowest BCUT2D eigenvalue weighted by Gasteiger charge is -2.21. The molecule has 16 nitrogen and oxygen atoms in total. The maximum Gasteiger partial charge on any atom is 0.472 e. The monoisotopic (exact) mass is 1700 g/mol. The van der Waals surface area contributed by atoms with Crippen LogP contribution in [-0.4, -0.2) is 95.9 Å². The van der Waals surface area contributed by atoms with Crippen molar-refractivity contribution in [1.29, 1.82) is 0 Å². The molecule has 0 aliphatic rings. The minimum atomic E-state index is -4.95. The van der Waals surface area contributed by atoms with E-state index in [2.05, 4.69) is 203 Å². The van der Waals surface area contributed by atoms with Crippen LogP contribution in [0.4, 0.5) is 0 Å². The number of phosphoric ester groups is 2. The number of carbonyl (C=O) groups excluding carboxylic acids is 3. The van der Waals surface area contributed by atoms with Gasteiger partial charge in [-0.05, 0) is 161 Å². The van der Waals surface area contributed by atoms with Gasteiger partial charge in [0.2, 0.25) is 0 Å². The normalized spacial score (nSPS) is 14.6. The molecule has 0 aliphatic heterocycles. The summed E-state index contributed by atoms with van der Waals surface area (Å²) in [7, 11) is -9.82. The van der Waals surface area contributed by atoms with Crippen LogP contribution < -0.4 is 0 Å². The maximum atomic E-state index is 13.1. The maximum absolute atomic E-state index is 13.1. The molecule has 0 amide bonds. The van der Waals surface area contributed by atoms with Crippen LogP contribution in [0.1, 0.15) is 380 Å². The van der Waals surface area contributed by atoms with Crippen LogP contribution >= 0.6 is 15.6 Å². The van der Waals surface area contributed by atoms with Crippen molar-refractivity contribution in [1.82, 2.24) is 0 Å². The lowest BCUT2D eigenvalue weighted by molar-refractivity contribution is -0.161. The molecule has 0 bridgehead atoms. The quantitative estimate of drug-likeness (QED) is 0.0146. The van der Waals surface area contributed by atoms with Crippen molar-refractivity contribution in [2.75, 3.05) is 39.6 Å². The zero-order valence-electron chi connectivity index (χ0n) is 75.0. The highest BCUT2D eigenvalue weighted by Gasteiger charge is 2.29. The van der Waals surface area contributed by atoms with E-state index in [1.54, 1.807) is 0 Å². The highest BCUT2D eigenvalue weighted by atomic mass is 31.2. The molecule has 0 saturated carbocycles. The van der Waals surface area contributed by atoms with Gasteiger partial charge in [0.1, 0.15) is 25.4 Å². The van der Waals surface area contributed by atoms with Gasteiger partial charge in [0.15, 0.2) is 6.10 Å². The van der Waals surface area contributed by atoms with Gasteiger partial charge in [-0.15, -0.1) is 0 Å². The molecule has 0 aromatic carbocycles. The molecule has 5 unspecified atom stereocenters. The summed E-state index contributed by atoms with van der Waals surface area (Å²) >= 11 is 0. The first-order valence-electron chi connectivity index (χ1n) is 47.1. The Kier molecular flexibility index (Phi) is 87.7. The topological polar surface area (TPSA) is 231 Å². The standard InChI is InChI=1S/C101H170O16P2/c1-4-7-10-13-16-19-22-25-28-31-34-37-40-42-43-44-45-46-47-48-49-50-51-53-56-57-60-63-66-69-72-75-78-81-84-87-99(104)111-90-96(102)91-113-118(107,108)114-92-97(103)93-115-119(109,110)116-95-98(117-101(106)89-86-83-80-77-74-71-68-65-62-59-54-39-36-33-30-27-24-21-18-15-12-9-6-3)94-112-100(105)88-85-82-79-76-73-70-67-64-61-58-55-52-41-38-35-32-29-26-23-20-17-14-11-8-5-2/h8-9,11-12,16-21,25-30,34-39,42-43,52,55,59,61-62,64,96-98,102-103H,4-7,10,13-15,22-24,31-33,40-41,44-51,53-54,56-58,60,63,65-95H2,1-3H3,(H,107,108)(H,109,110)/b11-8-,12-9-,19-16-,20-17-,21-18-,28-25-,29-26-,30-27-,37-34-,38-35-,39-36-,43-42-,55-52-,62-59-,64-61-. The molecule has 0 heterocycles. The van der Waals surface area contributed by atoms with E-state index in [0.29, 0.717) is 19.3 Å². The number of aliphatic hydroxyl groups is 2. The SMILES string of the molecule is CC/C=C\C/C=C\C/C=C\C/C=C\C/C=C\C/C=C\CCCCCCCCC(=O)OCC(COP(=O)(O)OCC(O)COP(=O)(O)OCC(O)COC(=O)CCCCCCCCCCCCCCCCCCCCC/C=C\C/C=C\C/C=C\C/C=C\CCCCC)OC(=O)CCCCCCCCC/C=C\C/C=C\C/C=C\C/C=C\C/C=C\CC. The highest BCUT2D eigenvalue weighted by molar-refractivity contribution is 7.47. The molecular formula is C101H170O16P2. The molecule has 0 fully saturated rings. The Morgan fingerprint density at radius 2 is 0.445 bits per heavy atom. The molecule has 0 spiro atoms. The van der Waals surface area contributed by atoms with Crippen molar-refractivity contribution < 1.29 is 75.8 Å². The number of hydrogen-bond acceptors (Lipinski definition) is 14. The molecular weight excluding hydrogens is 1530 g/mol. The first-order valence-corrected chi connectivity index (χ1v) is 50.1. The Labute approximate surface area is 725 Å². The van der Waals surface area contributed by atoms with Gasteiger partial charge < -0.3 is 34.2 Å². The first-order chi connectivity index (χ1) is 58.2. The van der Waals surface area contributed by atoms with E-state index in [0.717, 1.165) is 193 Å². The average molecular weight is 1700 g/mol. The number of carbonyl (C=O) groups is 3. The second kappa shape index (κ2) is 91.8. The Morgan fingerprint density at radius 3 is 0.706 bits per heavy atom. The molecule has 18 heteroatoms. The van der Waals surface area contributed by atoms with Gasteiger partial charge in [-0.2, -0.15) is 0 Å². The minimum Gasteiger partial charge on any atom is -0.463 e. The number of ether oxygens (including phenoxy) is 3. The number of rotatable bonds is 88. The van der Waals surface area contributed by atoms with Gasteiger partial charge in [0, 0.05) is 19.3 Å². The predicted octanol–water partition coefficient (Wildman–Crippen LogP) is 29.2. The molecule has 0 saturated heterocycles. The van der Waals surface area contributed by atoms with Crippen LogP contribution in [0, 0.1) is 0 Å². The number of hydrogen-bond donors (Lipinski definition) is 4. The fourth-order valence-electron chi connectivity index (χ4n) is 12.5. The van der Waals surface area contributed by atoms with Crippen LogP contribution in [0.25, 0.3) is 0 Å². The lowest BCUT2D eigenvalue weighted by atomic mass is 10.0. The number of unbranched alkanes of at least 4 members (excludes halogenated alkanes) is 35. The van der Waals surface area contributed by atoms with Crippen LogP contribution in [0.5, 0.6) is 0 Å². The molecule has 0 aliphatic carbocycles. The van der Waals surface area contributed by atoms with Gasteiger partial charge in [-0.1, -0.05) is 383 Å². The Bertz CT molecular complexity index is 2890. The van der Waals surface area contributed by atoms with E-state index in [9.17, 15) is 43.5 Å². The van der Waals surface area contributed by atoms with E-state index in [4.69, 9.17) is 32.3 Å². The highest BCUT2D eigenvalue weighted by Crippen LogP contribution is 2.45. The summed E-state index contributed by atoms with van der Waals surface area (Å²) in [4.78, 5) is 59.0. The molecule has 680 valence electrons. The summed E-state index contributed by atoms with van der Waals surface area (Å²) in [5, 5.41) is 20.8. The Hall–Kier alpha value is -5.35. The summed E-state index contributed by atoms with van der Waals surface area (Å²) in [6, 6.07) is 0. The first kappa shape index (κ1) is 114. The fraction of sp³-hybridized carbons (Fsp3) is 0.673. The molecule has 0 aromatic heterocycles. The van der Waals surface area contributed by atoms with E-state index in [-0.39, 0.29) is 19.3 Å². The van der Waals surface area contributed by atoms with E-state index >= 15 is 0 Å². The van der Waals surface area contributed by atoms with Crippen LogP contribution in [0.15, 0.2) is 182 Å². The number of aliphatic hydroxyl groups excluding tert-OH is 2. The van der Waals surface area contributed by atoms with Crippen LogP contribution in [0.3, 0.4) is 0 Å². The second-order valence-corrected chi connectivity index (χ2v) is 34.0. The Morgan fingerprint density at radius 1 is 0.244 bits per heavy atom. The number of esters is 3. The van der Waals surface area contributed by atoms with Gasteiger partial charge >= 0.3 is 33.6 Å². The summed E-state index contributed by atoms with van der Waals surface area (Å²) < 4.78 is 61.5. The number of phosphoric acid groups is 2. The molecule has 119 heavy (non-hydrogen) atoms. The molecule has 0 aromatic rings. The van der Waals surface area contributed by atoms with Crippen molar-refractivity contribution in [3.63, 3.8) is 0 Å². The summed E-state index contributed by atoms with van der Waals surface area (Å²) in [5.41, 5.74) is 0. The van der Waals surface area contributed by atoms with Crippen molar-refractivity contribution in [3.8, 4) is 0 Å².